The van der Waals surface area contributed by atoms with Crippen molar-refractivity contribution in [3.63, 3.8) is 0 Å². The minimum atomic E-state index is -3.13. The van der Waals surface area contributed by atoms with Crippen LogP contribution in [0.4, 0.5) is 0 Å². The summed E-state index contributed by atoms with van der Waals surface area (Å²) < 4.78 is 27.5. The molecule has 3 nitrogen and oxygen atoms in total. The lowest BCUT2D eigenvalue weighted by atomic mass is 9.98. The summed E-state index contributed by atoms with van der Waals surface area (Å²) in [5.74, 6) is 0.997. The van der Waals surface area contributed by atoms with E-state index in [0.717, 1.165) is 19.3 Å². The van der Waals surface area contributed by atoms with E-state index in [1.54, 1.807) is 0 Å². The van der Waals surface area contributed by atoms with Gasteiger partial charge in [-0.05, 0) is 25.2 Å². The van der Waals surface area contributed by atoms with Crippen LogP contribution in [0.3, 0.4) is 0 Å². The third-order valence-corrected chi connectivity index (χ3v) is 5.12. The van der Waals surface area contributed by atoms with Crippen LogP contribution in [-0.2, 0) is 14.3 Å². The molecule has 1 aliphatic heterocycles. The second-order valence-corrected chi connectivity index (χ2v) is 5.69. The van der Waals surface area contributed by atoms with Crippen LogP contribution in [0, 0.1) is 11.8 Å². The zero-order valence-electron chi connectivity index (χ0n) is 8.06. The highest BCUT2D eigenvalue weighted by Gasteiger charge is 2.59. The van der Waals surface area contributed by atoms with E-state index in [-0.39, 0.29) is 11.4 Å². The summed E-state index contributed by atoms with van der Waals surface area (Å²) in [6.07, 6.45) is 3.00. The molecule has 0 amide bonds. The minimum Gasteiger partial charge on any atom is -0.266 e. The second kappa shape index (κ2) is 2.95. The molecule has 3 rings (SSSR count). The number of fused-ring (bicyclic) bond motifs is 1. The molecule has 3 aliphatic rings. The van der Waals surface area contributed by atoms with Gasteiger partial charge in [0.1, 0.15) is 0 Å². The Labute approximate surface area is 79.6 Å². The zero-order chi connectivity index (χ0) is 9.64. The Morgan fingerprint density at radius 2 is 1.85 bits per heavy atom. The Bertz CT molecular complexity index is 294. The predicted molar refractivity (Wildman–Crippen MR) is 49.8 cm³/mol. The second-order valence-electron chi connectivity index (χ2n) is 3.90. The maximum absolute atomic E-state index is 11.3. The van der Waals surface area contributed by atoms with Crippen LogP contribution in [0.2, 0.25) is 0 Å². The summed E-state index contributed by atoms with van der Waals surface area (Å²) >= 11 is 0. The first-order valence-corrected chi connectivity index (χ1v) is 6.56. The molecule has 0 aromatic heterocycles. The fourth-order valence-electron chi connectivity index (χ4n) is 2.91. The molecule has 0 radical (unpaired) electrons. The summed E-state index contributed by atoms with van der Waals surface area (Å²) in [5.41, 5.74) is 0. The monoisotopic (exact) mass is 204 g/mol. The van der Waals surface area contributed by atoms with Gasteiger partial charge in [-0.3, -0.25) is 4.18 Å². The molecule has 2 saturated carbocycles. The average molecular weight is 204 g/mol. The van der Waals surface area contributed by atoms with Crippen molar-refractivity contribution < 1.29 is 12.6 Å². The standard InChI is InChI=1S/C7H10O3S.C2H6/c8-11(9)7-3-4-1-5(7)6(2-4)10-11;1-2/h4-7H,1-3H2;1-2H3. The molecule has 2 aliphatic carbocycles. The van der Waals surface area contributed by atoms with Crippen molar-refractivity contribution in [2.75, 3.05) is 0 Å². The molecule has 0 aromatic rings. The van der Waals surface area contributed by atoms with Gasteiger partial charge in [-0.2, -0.15) is 8.42 Å². The van der Waals surface area contributed by atoms with Crippen LogP contribution < -0.4 is 0 Å². The first-order chi connectivity index (χ1) is 6.17. The van der Waals surface area contributed by atoms with Crippen molar-refractivity contribution in [2.24, 2.45) is 11.8 Å². The first kappa shape index (κ1) is 9.46. The van der Waals surface area contributed by atoms with Gasteiger partial charge in [0, 0.05) is 5.92 Å². The molecule has 4 unspecified atom stereocenters. The Kier molecular flexibility index (Phi) is 2.15. The lowest BCUT2D eigenvalue weighted by Gasteiger charge is -2.11. The molecule has 4 atom stereocenters. The van der Waals surface area contributed by atoms with Gasteiger partial charge in [-0.15, -0.1) is 0 Å². The largest absolute Gasteiger partial charge is 0.270 e. The maximum Gasteiger partial charge on any atom is 0.270 e. The molecular weight excluding hydrogens is 188 g/mol. The van der Waals surface area contributed by atoms with E-state index in [4.69, 9.17) is 4.18 Å². The van der Waals surface area contributed by atoms with E-state index in [0.29, 0.717) is 11.8 Å². The third-order valence-electron chi connectivity index (χ3n) is 3.32. The van der Waals surface area contributed by atoms with Gasteiger partial charge in [0.15, 0.2) is 0 Å². The average Bonchev–Trinajstić information content (AvgIpc) is 2.67. The van der Waals surface area contributed by atoms with Crippen molar-refractivity contribution in [3.05, 3.63) is 0 Å². The first-order valence-electron chi connectivity index (χ1n) is 5.09. The van der Waals surface area contributed by atoms with E-state index in [9.17, 15) is 8.42 Å². The summed E-state index contributed by atoms with van der Waals surface area (Å²) in [4.78, 5) is 0. The predicted octanol–water partition coefficient (Wildman–Crippen LogP) is 1.54. The molecule has 3 fully saturated rings. The van der Waals surface area contributed by atoms with E-state index in [1.165, 1.54) is 0 Å². The van der Waals surface area contributed by atoms with Gasteiger partial charge in [-0.1, -0.05) is 13.8 Å². The summed E-state index contributed by atoms with van der Waals surface area (Å²) in [6.45, 7) is 4.00. The molecule has 13 heavy (non-hydrogen) atoms. The van der Waals surface area contributed by atoms with Gasteiger partial charge in [-0.25, -0.2) is 0 Å². The third kappa shape index (κ3) is 1.22. The minimum absolute atomic E-state index is 0.0590. The molecule has 2 bridgehead atoms. The van der Waals surface area contributed by atoms with Gasteiger partial charge in [0.25, 0.3) is 10.1 Å². The molecule has 0 aromatic carbocycles. The zero-order valence-corrected chi connectivity index (χ0v) is 8.88. The Morgan fingerprint density at radius 1 is 1.15 bits per heavy atom. The molecule has 0 spiro atoms. The molecule has 76 valence electrons. The van der Waals surface area contributed by atoms with Crippen molar-refractivity contribution in [1.29, 1.82) is 0 Å². The highest BCUT2D eigenvalue weighted by atomic mass is 32.2. The smallest absolute Gasteiger partial charge is 0.266 e. The van der Waals surface area contributed by atoms with E-state index in [1.807, 2.05) is 13.8 Å². The number of rotatable bonds is 0. The molecule has 1 saturated heterocycles. The van der Waals surface area contributed by atoms with Crippen LogP contribution in [0.15, 0.2) is 0 Å². The fourth-order valence-corrected chi connectivity index (χ4v) is 4.84. The molecule has 1 heterocycles. The fraction of sp³-hybridized carbons (Fsp3) is 1.00. The lowest BCUT2D eigenvalue weighted by molar-refractivity contribution is 0.196. The summed E-state index contributed by atoms with van der Waals surface area (Å²) in [7, 11) is -3.13. The quantitative estimate of drug-likeness (QED) is 0.562. The van der Waals surface area contributed by atoms with Gasteiger partial charge >= 0.3 is 0 Å². The van der Waals surface area contributed by atoms with Crippen molar-refractivity contribution >= 4 is 10.1 Å². The van der Waals surface area contributed by atoms with Crippen molar-refractivity contribution in [1.82, 2.24) is 0 Å². The highest BCUT2D eigenvalue weighted by Crippen LogP contribution is 2.54. The lowest BCUT2D eigenvalue weighted by Crippen LogP contribution is -2.21. The van der Waals surface area contributed by atoms with Crippen LogP contribution in [0.1, 0.15) is 33.1 Å². The van der Waals surface area contributed by atoms with Crippen LogP contribution >= 0.6 is 0 Å². The van der Waals surface area contributed by atoms with Crippen molar-refractivity contribution in [2.45, 2.75) is 44.5 Å². The SMILES string of the molecule is CC.O=S1(=O)OC2CC3CC2C1C3. The molecule has 0 N–H and O–H groups in total. The van der Waals surface area contributed by atoms with Crippen LogP contribution in [-0.4, -0.2) is 19.8 Å². The van der Waals surface area contributed by atoms with Gasteiger partial charge in [0.05, 0.1) is 11.4 Å². The molecule has 4 heteroatoms. The van der Waals surface area contributed by atoms with Gasteiger partial charge in [0.2, 0.25) is 0 Å². The van der Waals surface area contributed by atoms with Crippen LogP contribution in [0.5, 0.6) is 0 Å². The number of hydrogen-bond acceptors (Lipinski definition) is 3. The van der Waals surface area contributed by atoms with E-state index >= 15 is 0 Å². The normalized spacial score (nSPS) is 48.8. The van der Waals surface area contributed by atoms with E-state index < -0.39 is 10.1 Å². The van der Waals surface area contributed by atoms with Gasteiger partial charge < -0.3 is 0 Å². The van der Waals surface area contributed by atoms with Crippen LogP contribution in [0.25, 0.3) is 0 Å². The summed E-state index contributed by atoms with van der Waals surface area (Å²) in [6, 6.07) is 0. The van der Waals surface area contributed by atoms with E-state index in [2.05, 4.69) is 0 Å². The Hall–Kier alpha value is -0.0900. The highest BCUT2D eigenvalue weighted by molar-refractivity contribution is 7.87. The van der Waals surface area contributed by atoms with Crippen molar-refractivity contribution in [3.8, 4) is 0 Å². The number of hydrogen-bond donors (Lipinski definition) is 0. The maximum atomic E-state index is 11.3. The Morgan fingerprint density at radius 3 is 2.31 bits per heavy atom. The summed E-state index contributed by atoms with van der Waals surface area (Å²) in [5, 5.41) is -0.133. The molecular formula is C9H16O3S. The topological polar surface area (TPSA) is 43.4 Å². The Balaban J connectivity index is 0.000000308.